The van der Waals surface area contributed by atoms with Gasteiger partial charge < -0.3 is 10.6 Å². The Morgan fingerprint density at radius 3 is 3.00 bits per heavy atom. The Hall–Kier alpha value is -1.62. The summed E-state index contributed by atoms with van der Waals surface area (Å²) in [5, 5.41) is 3.36. The fourth-order valence-corrected chi connectivity index (χ4v) is 0.734. The highest BCUT2D eigenvalue weighted by atomic mass is 35.5. The summed E-state index contributed by atoms with van der Waals surface area (Å²) in [7, 11) is 0. The van der Waals surface area contributed by atoms with Gasteiger partial charge in [0.05, 0.1) is 0 Å². The number of halogens is 1. The number of pyridine rings is 1. The molecule has 0 aliphatic rings. The number of alkyl halides is 1. The van der Waals surface area contributed by atoms with Crippen LogP contribution in [-0.4, -0.2) is 22.7 Å². The lowest BCUT2D eigenvalue weighted by Gasteiger charge is -1.97. The number of carbonyl (C=O) groups is 1. The minimum absolute atomic E-state index is 0.0315. The number of hydrogen-bond donors (Lipinski definition) is 1. The van der Waals surface area contributed by atoms with Gasteiger partial charge in [-0.25, -0.2) is 4.79 Å². The molecular formula is C8H8ClN3O2. The van der Waals surface area contributed by atoms with Crippen LogP contribution in [0, 0.1) is 0 Å². The lowest BCUT2D eigenvalue weighted by Crippen LogP contribution is -2.16. The zero-order valence-corrected chi connectivity index (χ0v) is 7.94. The van der Waals surface area contributed by atoms with Gasteiger partial charge in [-0.3, -0.25) is 4.98 Å². The molecule has 0 unspecified atom stereocenters. The number of nitrogens with zero attached hydrogens (tertiary/aromatic N) is 2. The van der Waals surface area contributed by atoms with Crippen LogP contribution in [0.25, 0.3) is 0 Å². The smallest absolute Gasteiger partial charge is 0.349 e. The average Bonchev–Trinajstić information content (AvgIpc) is 2.26. The quantitative estimate of drug-likeness (QED) is 0.261. The molecule has 0 aromatic carbocycles. The second-order valence-electron chi connectivity index (χ2n) is 2.29. The molecule has 1 aromatic rings. The van der Waals surface area contributed by atoms with Gasteiger partial charge in [0.15, 0.2) is 5.84 Å². The van der Waals surface area contributed by atoms with Crippen LogP contribution in [0.5, 0.6) is 0 Å². The molecule has 1 heterocycles. The normalized spacial score (nSPS) is 11.1. The Balaban J connectivity index is 2.66. The largest absolute Gasteiger partial charge is 0.379 e. The van der Waals surface area contributed by atoms with Crippen LogP contribution in [0.4, 0.5) is 0 Å². The molecule has 0 saturated heterocycles. The van der Waals surface area contributed by atoms with Crippen molar-refractivity contribution < 1.29 is 9.63 Å². The van der Waals surface area contributed by atoms with Crippen molar-refractivity contribution in [1.82, 2.24) is 4.98 Å². The number of aromatic nitrogens is 1. The zero-order chi connectivity index (χ0) is 10.4. The Bertz CT molecular complexity index is 340. The van der Waals surface area contributed by atoms with Gasteiger partial charge in [0.1, 0.15) is 11.6 Å². The van der Waals surface area contributed by atoms with Gasteiger partial charge in [0.25, 0.3) is 0 Å². The first kappa shape index (κ1) is 10.5. The van der Waals surface area contributed by atoms with E-state index in [-0.39, 0.29) is 11.7 Å². The van der Waals surface area contributed by atoms with Crippen LogP contribution in [0.3, 0.4) is 0 Å². The van der Waals surface area contributed by atoms with Crippen LogP contribution in [0.15, 0.2) is 29.6 Å². The van der Waals surface area contributed by atoms with Crippen molar-refractivity contribution in [2.45, 2.75) is 0 Å². The molecule has 74 valence electrons. The summed E-state index contributed by atoms with van der Waals surface area (Å²) in [6.07, 6.45) is 1.56. The molecule has 1 rings (SSSR count). The molecule has 0 atom stereocenters. The van der Waals surface area contributed by atoms with Crippen molar-refractivity contribution in [3.63, 3.8) is 0 Å². The van der Waals surface area contributed by atoms with E-state index in [9.17, 15) is 4.79 Å². The molecule has 1 aromatic heterocycles. The maximum atomic E-state index is 10.6. The van der Waals surface area contributed by atoms with Gasteiger partial charge in [-0.05, 0) is 12.1 Å². The Kier molecular flexibility index (Phi) is 3.87. The van der Waals surface area contributed by atoms with E-state index < -0.39 is 5.97 Å². The van der Waals surface area contributed by atoms with Crippen molar-refractivity contribution in [3.8, 4) is 0 Å². The SMILES string of the molecule is NC(=NOC(=O)CCl)c1ccccn1. The first-order chi connectivity index (χ1) is 6.74. The molecule has 0 aliphatic carbocycles. The molecule has 0 amide bonds. The number of oxime groups is 1. The predicted octanol–water partition coefficient (Wildman–Crippen LogP) is 0.484. The predicted molar refractivity (Wildman–Crippen MR) is 51.8 cm³/mol. The number of hydrogen-bond acceptors (Lipinski definition) is 4. The first-order valence-corrected chi connectivity index (χ1v) is 4.28. The van der Waals surface area contributed by atoms with Crippen molar-refractivity contribution in [1.29, 1.82) is 0 Å². The number of carbonyl (C=O) groups excluding carboxylic acids is 1. The minimum Gasteiger partial charge on any atom is -0.379 e. The van der Waals surface area contributed by atoms with E-state index in [1.807, 2.05) is 0 Å². The second-order valence-corrected chi connectivity index (χ2v) is 2.56. The molecule has 2 N–H and O–H groups in total. The Morgan fingerprint density at radius 2 is 2.43 bits per heavy atom. The molecule has 0 aliphatic heterocycles. The highest BCUT2D eigenvalue weighted by molar-refractivity contribution is 6.26. The van der Waals surface area contributed by atoms with Gasteiger partial charge in [-0.15, -0.1) is 11.6 Å². The molecule has 0 saturated carbocycles. The van der Waals surface area contributed by atoms with Crippen LogP contribution in [0.1, 0.15) is 5.69 Å². The summed E-state index contributed by atoms with van der Waals surface area (Å²) in [6.45, 7) is 0. The highest BCUT2D eigenvalue weighted by Crippen LogP contribution is 1.93. The van der Waals surface area contributed by atoms with Gasteiger partial charge in [-0.1, -0.05) is 11.2 Å². The molecule has 0 fully saturated rings. The summed E-state index contributed by atoms with van der Waals surface area (Å²) in [5.74, 6) is -0.895. The molecule has 6 heteroatoms. The summed E-state index contributed by atoms with van der Waals surface area (Å²) >= 11 is 5.18. The lowest BCUT2D eigenvalue weighted by molar-refractivity contribution is -0.140. The van der Waals surface area contributed by atoms with Crippen LogP contribution in [0.2, 0.25) is 0 Å². The number of amidine groups is 1. The van der Waals surface area contributed by atoms with Crippen molar-refractivity contribution in [2.24, 2.45) is 10.9 Å². The van der Waals surface area contributed by atoms with E-state index in [4.69, 9.17) is 17.3 Å². The summed E-state index contributed by atoms with van der Waals surface area (Å²) in [4.78, 5) is 18.9. The first-order valence-electron chi connectivity index (χ1n) is 3.74. The van der Waals surface area contributed by atoms with Crippen LogP contribution < -0.4 is 5.73 Å². The van der Waals surface area contributed by atoms with Crippen molar-refractivity contribution in [3.05, 3.63) is 30.1 Å². The van der Waals surface area contributed by atoms with Gasteiger partial charge >= 0.3 is 5.97 Å². The molecular weight excluding hydrogens is 206 g/mol. The van der Waals surface area contributed by atoms with Crippen LogP contribution >= 0.6 is 11.6 Å². The van der Waals surface area contributed by atoms with E-state index in [1.165, 1.54) is 0 Å². The molecule has 5 nitrogen and oxygen atoms in total. The van der Waals surface area contributed by atoms with E-state index in [0.29, 0.717) is 5.69 Å². The number of nitrogens with two attached hydrogens (primary N) is 1. The van der Waals surface area contributed by atoms with Crippen molar-refractivity contribution in [2.75, 3.05) is 5.88 Å². The Labute approximate surface area is 85.5 Å². The lowest BCUT2D eigenvalue weighted by atomic mass is 10.3. The second kappa shape index (κ2) is 5.18. The van der Waals surface area contributed by atoms with Gasteiger partial charge in [0, 0.05) is 6.20 Å². The maximum Gasteiger partial charge on any atom is 0.349 e. The third kappa shape index (κ3) is 3.02. The van der Waals surface area contributed by atoms with Gasteiger partial charge in [0.2, 0.25) is 0 Å². The Morgan fingerprint density at radius 1 is 1.64 bits per heavy atom. The third-order valence-electron chi connectivity index (χ3n) is 1.28. The molecule has 0 spiro atoms. The van der Waals surface area contributed by atoms with Crippen molar-refractivity contribution >= 4 is 23.4 Å². The zero-order valence-electron chi connectivity index (χ0n) is 7.18. The maximum absolute atomic E-state index is 10.6. The molecule has 0 bridgehead atoms. The van der Waals surface area contributed by atoms with E-state index in [2.05, 4.69) is 15.0 Å². The summed E-state index contributed by atoms with van der Waals surface area (Å²) in [6, 6.07) is 5.13. The standard InChI is InChI=1S/C8H8ClN3O2/c9-5-7(13)14-12-8(10)6-3-1-2-4-11-6/h1-4H,5H2,(H2,10,12). The van der Waals surface area contributed by atoms with E-state index in [1.54, 1.807) is 24.4 Å². The fraction of sp³-hybridized carbons (Fsp3) is 0.125. The minimum atomic E-state index is -0.662. The van der Waals surface area contributed by atoms with E-state index in [0.717, 1.165) is 0 Å². The topological polar surface area (TPSA) is 77.6 Å². The number of rotatable bonds is 3. The molecule has 0 radical (unpaired) electrons. The van der Waals surface area contributed by atoms with Gasteiger partial charge in [-0.2, -0.15) is 0 Å². The third-order valence-corrected chi connectivity index (χ3v) is 1.50. The average molecular weight is 214 g/mol. The van der Waals surface area contributed by atoms with E-state index >= 15 is 0 Å². The van der Waals surface area contributed by atoms with Crippen LogP contribution in [-0.2, 0) is 9.63 Å². The summed E-state index contributed by atoms with van der Waals surface area (Å²) in [5.41, 5.74) is 5.90. The monoisotopic (exact) mass is 213 g/mol. The fourth-order valence-electron chi connectivity index (χ4n) is 0.686. The molecule has 14 heavy (non-hydrogen) atoms. The summed E-state index contributed by atoms with van der Waals surface area (Å²) < 4.78 is 0. The highest BCUT2D eigenvalue weighted by Gasteiger charge is 2.02.